The molecule has 5 heteroatoms. The first-order valence-corrected chi connectivity index (χ1v) is 7.99. The molecule has 4 rings (SSSR count). The van der Waals surface area contributed by atoms with E-state index in [2.05, 4.69) is 36.5 Å². The average Bonchev–Trinajstić information content (AvgIpc) is 3.01. The summed E-state index contributed by atoms with van der Waals surface area (Å²) in [6.45, 7) is 2.00. The number of imidazole rings is 1. The largest absolute Gasteiger partial charge is 0.324 e. The molecule has 2 aromatic heterocycles. The minimum Gasteiger partial charge on any atom is -0.324 e. The van der Waals surface area contributed by atoms with Crippen LogP contribution in [0.1, 0.15) is 31.1 Å². The van der Waals surface area contributed by atoms with Gasteiger partial charge in [0.1, 0.15) is 17.5 Å². The first-order chi connectivity index (χ1) is 10.1. The highest BCUT2D eigenvalue weighted by atomic mass is 79.9. The van der Waals surface area contributed by atoms with Crippen molar-refractivity contribution in [1.29, 1.82) is 0 Å². The topological polar surface area (TPSA) is 30.7 Å². The van der Waals surface area contributed by atoms with E-state index in [1.165, 1.54) is 0 Å². The molecule has 21 heavy (non-hydrogen) atoms. The lowest BCUT2D eigenvalue weighted by molar-refractivity contribution is 0.331. The SMILES string of the molecule is Cc1nc2cnc3ccc(Br)cc3c2n1[C@H]1CC[C@@H](F)C1. The van der Waals surface area contributed by atoms with Crippen LogP contribution in [0, 0.1) is 6.92 Å². The maximum Gasteiger partial charge on any atom is 0.108 e. The number of rotatable bonds is 1. The van der Waals surface area contributed by atoms with E-state index in [1.54, 1.807) is 0 Å². The number of nitrogens with zero attached hydrogens (tertiary/aromatic N) is 3. The predicted octanol–water partition coefficient (Wildman–Crippen LogP) is 4.72. The Morgan fingerprint density at radius 2 is 2.14 bits per heavy atom. The number of alkyl halides is 1. The number of halogens is 2. The molecule has 108 valence electrons. The van der Waals surface area contributed by atoms with Crippen LogP contribution in [-0.2, 0) is 0 Å². The van der Waals surface area contributed by atoms with Gasteiger partial charge in [0, 0.05) is 15.9 Å². The molecule has 1 aromatic carbocycles. The molecule has 3 nitrogen and oxygen atoms in total. The molecular weight excluding hydrogens is 333 g/mol. The molecule has 0 bridgehead atoms. The summed E-state index contributed by atoms with van der Waals surface area (Å²) in [5, 5.41) is 1.07. The standard InChI is InChI=1S/C16H15BrFN3/c1-9-20-15-8-19-14-5-2-10(17)6-13(14)16(15)21(9)12-4-3-11(18)7-12/h2,5-6,8,11-12H,3-4,7H2,1H3/t11-,12+/m1/s1. The molecule has 3 aromatic rings. The number of hydrogen-bond donors (Lipinski definition) is 0. The van der Waals surface area contributed by atoms with E-state index in [0.29, 0.717) is 12.8 Å². The fraction of sp³-hybridized carbons (Fsp3) is 0.375. The summed E-state index contributed by atoms with van der Waals surface area (Å²) >= 11 is 3.53. The van der Waals surface area contributed by atoms with Crippen LogP contribution in [0.15, 0.2) is 28.9 Å². The van der Waals surface area contributed by atoms with E-state index < -0.39 is 6.17 Å². The first kappa shape index (κ1) is 13.2. The van der Waals surface area contributed by atoms with Crippen LogP contribution < -0.4 is 0 Å². The minimum absolute atomic E-state index is 0.203. The lowest BCUT2D eigenvalue weighted by atomic mass is 10.1. The summed E-state index contributed by atoms with van der Waals surface area (Å²) in [6, 6.07) is 6.26. The molecule has 1 saturated carbocycles. The Morgan fingerprint density at radius 1 is 1.29 bits per heavy atom. The van der Waals surface area contributed by atoms with Crippen LogP contribution in [-0.4, -0.2) is 20.7 Å². The van der Waals surface area contributed by atoms with E-state index in [4.69, 9.17) is 0 Å². The summed E-state index contributed by atoms with van der Waals surface area (Å²) in [4.78, 5) is 9.10. The zero-order chi connectivity index (χ0) is 14.6. The van der Waals surface area contributed by atoms with Gasteiger partial charge in [0.25, 0.3) is 0 Å². The van der Waals surface area contributed by atoms with Gasteiger partial charge in [-0.1, -0.05) is 15.9 Å². The van der Waals surface area contributed by atoms with Crippen LogP contribution in [0.5, 0.6) is 0 Å². The van der Waals surface area contributed by atoms with Crippen molar-refractivity contribution in [3.05, 3.63) is 34.7 Å². The lowest BCUT2D eigenvalue weighted by Gasteiger charge is -2.15. The van der Waals surface area contributed by atoms with Gasteiger partial charge in [-0.15, -0.1) is 0 Å². The third-order valence-electron chi connectivity index (χ3n) is 4.36. The summed E-state index contributed by atoms with van der Waals surface area (Å²) in [7, 11) is 0. The number of pyridine rings is 1. The van der Waals surface area contributed by atoms with E-state index >= 15 is 0 Å². The van der Waals surface area contributed by atoms with E-state index in [0.717, 1.165) is 38.7 Å². The van der Waals surface area contributed by atoms with Crippen molar-refractivity contribution in [1.82, 2.24) is 14.5 Å². The second-order valence-corrected chi connectivity index (χ2v) is 6.66. The quantitative estimate of drug-likeness (QED) is 0.637. The van der Waals surface area contributed by atoms with Gasteiger partial charge < -0.3 is 4.57 Å². The first-order valence-electron chi connectivity index (χ1n) is 7.20. The molecule has 0 N–H and O–H groups in total. The molecule has 0 unspecified atom stereocenters. The summed E-state index contributed by atoms with van der Waals surface area (Å²) in [6.07, 6.45) is 3.25. The van der Waals surface area contributed by atoms with Crippen LogP contribution in [0.4, 0.5) is 4.39 Å². The molecule has 1 aliphatic rings. The van der Waals surface area contributed by atoms with Gasteiger partial charge >= 0.3 is 0 Å². The van der Waals surface area contributed by atoms with Crippen molar-refractivity contribution >= 4 is 37.9 Å². The van der Waals surface area contributed by atoms with E-state index in [1.807, 2.05) is 25.3 Å². The predicted molar refractivity (Wildman–Crippen MR) is 85.3 cm³/mol. The van der Waals surface area contributed by atoms with Crippen LogP contribution in [0.25, 0.3) is 21.9 Å². The van der Waals surface area contributed by atoms with Crippen LogP contribution in [0.3, 0.4) is 0 Å². The fourth-order valence-electron chi connectivity index (χ4n) is 3.45. The maximum absolute atomic E-state index is 13.6. The fourth-order valence-corrected chi connectivity index (χ4v) is 3.81. The van der Waals surface area contributed by atoms with Crippen LogP contribution >= 0.6 is 15.9 Å². The van der Waals surface area contributed by atoms with Gasteiger partial charge in [-0.05, 0) is 44.4 Å². The highest BCUT2D eigenvalue weighted by molar-refractivity contribution is 9.10. The molecule has 1 aliphatic carbocycles. The Morgan fingerprint density at radius 3 is 2.90 bits per heavy atom. The highest BCUT2D eigenvalue weighted by Crippen LogP contribution is 2.37. The molecule has 0 amide bonds. The van der Waals surface area contributed by atoms with Crippen molar-refractivity contribution < 1.29 is 4.39 Å². The molecule has 0 radical (unpaired) electrons. The third-order valence-corrected chi connectivity index (χ3v) is 4.85. The van der Waals surface area contributed by atoms with Crippen molar-refractivity contribution in [2.75, 3.05) is 0 Å². The van der Waals surface area contributed by atoms with Gasteiger partial charge in [-0.2, -0.15) is 0 Å². The van der Waals surface area contributed by atoms with Gasteiger partial charge in [0.05, 0.1) is 17.2 Å². The minimum atomic E-state index is -0.688. The third kappa shape index (κ3) is 2.06. The maximum atomic E-state index is 13.6. The highest BCUT2D eigenvalue weighted by Gasteiger charge is 2.28. The summed E-state index contributed by atoms with van der Waals surface area (Å²) < 4.78 is 16.9. The van der Waals surface area contributed by atoms with Crippen LogP contribution in [0.2, 0.25) is 0 Å². The van der Waals surface area contributed by atoms with Crippen molar-refractivity contribution in [2.24, 2.45) is 0 Å². The zero-order valence-corrected chi connectivity index (χ0v) is 13.3. The number of aryl methyl sites for hydroxylation is 1. The number of benzene rings is 1. The average molecular weight is 348 g/mol. The normalized spacial score (nSPS) is 22.4. The van der Waals surface area contributed by atoms with Gasteiger partial charge in [0.15, 0.2) is 0 Å². The molecule has 2 heterocycles. The zero-order valence-electron chi connectivity index (χ0n) is 11.7. The molecule has 1 fully saturated rings. The van der Waals surface area contributed by atoms with Gasteiger partial charge in [0.2, 0.25) is 0 Å². The van der Waals surface area contributed by atoms with Crippen molar-refractivity contribution in [3.8, 4) is 0 Å². The molecule has 0 aliphatic heterocycles. The second-order valence-electron chi connectivity index (χ2n) is 5.75. The summed E-state index contributed by atoms with van der Waals surface area (Å²) in [5.74, 6) is 0.943. The number of aromatic nitrogens is 3. The Hall–Kier alpha value is -1.49. The molecule has 0 spiro atoms. The van der Waals surface area contributed by atoms with Crippen molar-refractivity contribution in [3.63, 3.8) is 0 Å². The number of hydrogen-bond acceptors (Lipinski definition) is 2. The Bertz CT molecular complexity index is 842. The molecule has 0 saturated heterocycles. The van der Waals surface area contributed by atoms with Gasteiger partial charge in [-0.3, -0.25) is 4.98 Å². The Balaban J connectivity index is 2.05. The van der Waals surface area contributed by atoms with E-state index in [-0.39, 0.29) is 6.04 Å². The Kier molecular flexibility index (Phi) is 2.99. The van der Waals surface area contributed by atoms with Gasteiger partial charge in [-0.25, -0.2) is 9.37 Å². The van der Waals surface area contributed by atoms with E-state index in [9.17, 15) is 4.39 Å². The second kappa shape index (κ2) is 4.77. The number of fused-ring (bicyclic) bond motifs is 3. The lowest BCUT2D eigenvalue weighted by Crippen LogP contribution is -2.08. The Labute approximate surface area is 130 Å². The monoisotopic (exact) mass is 347 g/mol. The summed E-state index contributed by atoms with van der Waals surface area (Å²) in [5.41, 5.74) is 2.92. The molecular formula is C16H15BrFN3. The molecule has 2 atom stereocenters. The van der Waals surface area contributed by atoms with Crippen molar-refractivity contribution in [2.45, 2.75) is 38.4 Å². The smallest absolute Gasteiger partial charge is 0.108 e.